The number of nitrogens with zero attached hydrogens (tertiary/aromatic N) is 3. The summed E-state index contributed by atoms with van der Waals surface area (Å²) in [6.07, 6.45) is 6.35. The highest BCUT2D eigenvalue weighted by Gasteiger charge is 2.03. The van der Waals surface area contributed by atoms with Gasteiger partial charge in [0.2, 0.25) is 5.88 Å². The van der Waals surface area contributed by atoms with Gasteiger partial charge in [-0.1, -0.05) is 6.92 Å². The molecule has 0 spiro atoms. The van der Waals surface area contributed by atoms with Gasteiger partial charge in [-0.05, 0) is 30.5 Å². The smallest absolute Gasteiger partial charge is 0.218 e. The van der Waals surface area contributed by atoms with Crippen molar-refractivity contribution in [2.75, 3.05) is 19.0 Å². The van der Waals surface area contributed by atoms with Crippen LogP contribution >= 0.6 is 0 Å². The average Bonchev–Trinajstić information content (AvgIpc) is 2.52. The summed E-state index contributed by atoms with van der Waals surface area (Å²) in [4.78, 5) is 12.7. The first-order valence-corrected chi connectivity index (χ1v) is 6.89. The third-order valence-electron chi connectivity index (χ3n) is 2.93. The standard InChI is InChI=1S/C15H20N4O/c1-3-13-18-14(16-2)11-15(19-13)20-10-4-5-12-6-8-17-9-7-12/h6-9,11H,3-5,10H2,1-2H3,(H,16,18,19). The molecular formula is C15H20N4O. The van der Waals surface area contributed by atoms with Crippen LogP contribution in [0, 0.1) is 0 Å². The van der Waals surface area contributed by atoms with Crippen LogP contribution < -0.4 is 10.1 Å². The summed E-state index contributed by atoms with van der Waals surface area (Å²) in [6, 6.07) is 5.88. The number of ether oxygens (including phenoxy) is 1. The molecule has 2 heterocycles. The molecule has 0 atom stereocenters. The number of hydrogen-bond acceptors (Lipinski definition) is 5. The zero-order valence-electron chi connectivity index (χ0n) is 12.0. The Morgan fingerprint density at radius 3 is 2.70 bits per heavy atom. The van der Waals surface area contributed by atoms with Crippen LogP contribution in [0.4, 0.5) is 5.82 Å². The van der Waals surface area contributed by atoms with Gasteiger partial charge in [0.25, 0.3) is 0 Å². The van der Waals surface area contributed by atoms with Crippen molar-refractivity contribution >= 4 is 5.82 Å². The Balaban J connectivity index is 1.84. The van der Waals surface area contributed by atoms with E-state index in [1.165, 1.54) is 5.56 Å². The van der Waals surface area contributed by atoms with Crippen molar-refractivity contribution in [2.45, 2.75) is 26.2 Å². The minimum absolute atomic E-state index is 0.635. The lowest BCUT2D eigenvalue weighted by molar-refractivity contribution is 0.298. The van der Waals surface area contributed by atoms with E-state index in [0.717, 1.165) is 30.9 Å². The second-order valence-corrected chi connectivity index (χ2v) is 4.42. The van der Waals surface area contributed by atoms with Crippen molar-refractivity contribution < 1.29 is 4.74 Å². The molecule has 2 rings (SSSR count). The molecule has 0 aromatic carbocycles. The molecule has 0 aliphatic rings. The highest BCUT2D eigenvalue weighted by molar-refractivity contribution is 5.37. The first-order chi connectivity index (χ1) is 9.81. The van der Waals surface area contributed by atoms with Crippen LogP contribution in [0.25, 0.3) is 0 Å². The zero-order valence-corrected chi connectivity index (χ0v) is 12.0. The molecule has 0 saturated carbocycles. The van der Waals surface area contributed by atoms with Crippen molar-refractivity contribution in [2.24, 2.45) is 0 Å². The first-order valence-electron chi connectivity index (χ1n) is 6.89. The predicted molar refractivity (Wildman–Crippen MR) is 79.0 cm³/mol. The van der Waals surface area contributed by atoms with E-state index in [1.807, 2.05) is 44.6 Å². The summed E-state index contributed by atoms with van der Waals surface area (Å²) in [7, 11) is 1.84. The van der Waals surface area contributed by atoms with Gasteiger partial charge in [0.05, 0.1) is 6.61 Å². The van der Waals surface area contributed by atoms with E-state index in [0.29, 0.717) is 12.5 Å². The van der Waals surface area contributed by atoms with Crippen LogP contribution in [0.15, 0.2) is 30.6 Å². The maximum absolute atomic E-state index is 5.71. The maximum Gasteiger partial charge on any atom is 0.218 e. The van der Waals surface area contributed by atoms with Gasteiger partial charge in [-0.2, -0.15) is 4.98 Å². The molecule has 106 valence electrons. The fourth-order valence-electron chi connectivity index (χ4n) is 1.84. The Bertz CT molecular complexity index is 508. The quantitative estimate of drug-likeness (QED) is 0.785. The van der Waals surface area contributed by atoms with Crippen molar-refractivity contribution in [1.29, 1.82) is 0 Å². The van der Waals surface area contributed by atoms with Gasteiger partial charge in [-0.25, -0.2) is 4.98 Å². The summed E-state index contributed by atoms with van der Waals surface area (Å²) in [5.74, 6) is 2.22. The van der Waals surface area contributed by atoms with E-state index in [9.17, 15) is 0 Å². The molecule has 0 unspecified atom stereocenters. The number of aromatic nitrogens is 3. The highest BCUT2D eigenvalue weighted by atomic mass is 16.5. The topological polar surface area (TPSA) is 59.9 Å². The number of hydrogen-bond donors (Lipinski definition) is 1. The summed E-state index contributed by atoms with van der Waals surface area (Å²) >= 11 is 0. The average molecular weight is 272 g/mol. The molecule has 0 aliphatic carbocycles. The number of anilines is 1. The van der Waals surface area contributed by atoms with Gasteiger partial charge in [0.15, 0.2) is 0 Å². The Morgan fingerprint density at radius 1 is 1.20 bits per heavy atom. The second kappa shape index (κ2) is 7.43. The van der Waals surface area contributed by atoms with Crippen LogP contribution in [-0.2, 0) is 12.8 Å². The molecular weight excluding hydrogens is 252 g/mol. The van der Waals surface area contributed by atoms with Crippen molar-refractivity contribution in [3.05, 3.63) is 42.0 Å². The monoisotopic (exact) mass is 272 g/mol. The summed E-state index contributed by atoms with van der Waals surface area (Å²) in [6.45, 7) is 2.67. The third kappa shape index (κ3) is 4.19. The van der Waals surface area contributed by atoms with Crippen LogP contribution in [0.1, 0.15) is 24.7 Å². The van der Waals surface area contributed by atoms with E-state index >= 15 is 0 Å². The molecule has 1 N–H and O–H groups in total. The normalized spacial score (nSPS) is 10.3. The summed E-state index contributed by atoms with van der Waals surface area (Å²) in [5.41, 5.74) is 1.27. The molecule has 0 saturated heterocycles. The van der Waals surface area contributed by atoms with E-state index < -0.39 is 0 Å². The lowest BCUT2D eigenvalue weighted by atomic mass is 10.1. The van der Waals surface area contributed by atoms with Crippen molar-refractivity contribution in [1.82, 2.24) is 15.0 Å². The van der Waals surface area contributed by atoms with E-state index in [1.54, 1.807) is 0 Å². The lowest BCUT2D eigenvalue weighted by Crippen LogP contribution is -2.05. The SMILES string of the molecule is CCc1nc(NC)cc(OCCCc2ccncc2)n1. The predicted octanol–water partition coefficient (Wildman–Crippen LogP) is 2.49. The lowest BCUT2D eigenvalue weighted by Gasteiger charge is -2.08. The largest absolute Gasteiger partial charge is 0.478 e. The van der Waals surface area contributed by atoms with Crippen molar-refractivity contribution in [3.8, 4) is 5.88 Å². The number of rotatable bonds is 7. The Labute approximate surface area is 119 Å². The summed E-state index contributed by atoms with van der Waals surface area (Å²) < 4.78 is 5.71. The third-order valence-corrected chi connectivity index (χ3v) is 2.93. The Kier molecular flexibility index (Phi) is 5.29. The molecule has 2 aromatic heterocycles. The molecule has 20 heavy (non-hydrogen) atoms. The molecule has 2 aromatic rings. The van der Waals surface area contributed by atoms with Crippen LogP contribution in [-0.4, -0.2) is 28.6 Å². The van der Waals surface area contributed by atoms with Gasteiger partial charge in [0.1, 0.15) is 11.6 Å². The Morgan fingerprint density at radius 2 is 2.00 bits per heavy atom. The fourth-order valence-corrected chi connectivity index (χ4v) is 1.84. The van der Waals surface area contributed by atoms with Crippen LogP contribution in [0.2, 0.25) is 0 Å². The van der Waals surface area contributed by atoms with E-state index in [-0.39, 0.29) is 0 Å². The minimum atomic E-state index is 0.635. The Hall–Kier alpha value is -2.17. The molecule has 0 bridgehead atoms. The first kappa shape index (κ1) is 14.2. The van der Waals surface area contributed by atoms with Crippen LogP contribution in [0.5, 0.6) is 5.88 Å². The minimum Gasteiger partial charge on any atom is -0.478 e. The molecule has 0 amide bonds. The number of pyridine rings is 1. The molecule has 0 aliphatic heterocycles. The molecule has 5 nitrogen and oxygen atoms in total. The second-order valence-electron chi connectivity index (χ2n) is 4.42. The fraction of sp³-hybridized carbons (Fsp3) is 0.400. The van der Waals surface area contributed by atoms with Crippen molar-refractivity contribution in [3.63, 3.8) is 0 Å². The van der Waals surface area contributed by atoms with Gasteiger partial charge >= 0.3 is 0 Å². The van der Waals surface area contributed by atoms with E-state index in [4.69, 9.17) is 4.74 Å². The highest BCUT2D eigenvalue weighted by Crippen LogP contribution is 2.14. The maximum atomic E-state index is 5.71. The molecule has 0 fully saturated rings. The summed E-state index contributed by atoms with van der Waals surface area (Å²) in [5, 5.41) is 3.02. The zero-order chi connectivity index (χ0) is 14.2. The van der Waals surface area contributed by atoms with Gasteiger partial charge < -0.3 is 10.1 Å². The van der Waals surface area contributed by atoms with Gasteiger partial charge in [-0.15, -0.1) is 0 Å². The number of aryl methyl sites for hydroxylation is 2. The van der Waals surface area contributed by atoms with E-state index in [2.05, 4.69) is 20.3 Å². The number of nitrogens with one attached hydrogen (secondary N) is 1. The molecule has 5 heteroatoms. The van der Waals surface area contributed by atoms with Gasteiger partial charge in [-0.3, -0.25) is 4.98 Å². The van der Waals surface area contributed by atoms with Gasteiger partial charge in [0, 0.05) is 31.9 Å². The molecule has 0 radical (unpaired) electrons. The van der Waals surface area contributed by atoms with Crippen LogP contribution in [0.3, 0.4) is 0 Å².